The highest BCUT2D eigenvalue weighted by Gasteiger charge is 2.03. The van der Waals surface area contributed by atoms with Gasteiger partial charge in [-0.2, -0.15) is 0 Å². The molecule has 0 radical (unpaired) electrons. The van der Waals surface area contributed by atoms with Crippen LogP contribution in [0.25, 0.3) is 0 Å². The smallest absolute Gasteiger partial charge is 0.142 e. The molecule has 0 saturated heterocycles. The Balaban J connectivity index is 2.72. The average molecular weight is 210 g/mol. The number of methoxy groups -OCH3 is 2. The molecule has 1 aromatic carbocycles. The number of ether oxygens (including phenoxy) is 2. The molecule has 4 nitrogen and oxygen atoms in total. The molecular weight excluding hydrogens is 192 g/mol. The molecule has 0 aliphatic heterocycles. The molecule has 0 saturated carbocycles. The van der Waals surface area contributed by atoms with Crippen LogP contribution in [0.4, 0.5) is 5.69 Å². The van der Waals surface area contributed by atoms with E-state index in [9.17, 15) is 0 Å². The van der Waals surface area contributed by atoms with E-state index in [2.05, 4.69) is 10.6 Å². The zero-order valence-electron chi connectivity index (χ0n) is 9.46. The molecule has 2 N–H and O–H groups in total. The van der Waals surface area contributed by atoms with Gasteiger partial charge in [0.05, 0.1) is 19.9 Å². The molecule has 0 unspecified atom stereocenters. The molecule has 0 fully saturated rings. The van der Waals surface area contributed by atoms with Gasteiger partial charge in [0.2, 0.25) is 0 Å². The fourth-order valence-electron chi connectivity index (χ4n) is 1.27. The summed E-state index contributed by atoms with van der Waals surface area (Å²) in [6, 6.07) is 5.69. The number of likely N-dealkylation sites (N-methyl/N-ethyl adjacent to an activating group) is 1. The molecule has 1 aromatic rings. The van der Waals surface area contributed by atoms with Gasteiger partial charge in [-0.1, -0.05) is 0 Å². The number of rotatable bonds is 6. The number of nitrogens with one attached hydrogen (secondary N) is 2. The summed E-state index contributed by atoms with van der Waals surface area (Å²) in [6.45, 7) is 1.75. The molecule has 0 spiro atoms. The Labute approximate surface area is 90.6 Å². The summed E-state index contributed by atoms with van der Waals surface area (Å²) in [5, 5.41) is 6.34. The van der Waals surface area contributed by atoms with Gasteiger partial charge in [0.1, 0.15) is 11.5 Å². The lowest BCUT2D eigenvalue weighted by Gasteiger charge is -2.12. The molecule has 4 heteroatoms. The summed E-state index contributed by atoms with van der Waals surface area (Å²) in [5.41, 5.74) is 0.951. The van der Waals surface area contributed by atoms with E-state index in [4.69, 9.17) is 9.47 Å². The first-order valence-corrected chi connectivity index (χ1v) is 4.92. The van der Waals surface area contributed by atoms with Gasteiger partial charge in [0, 0.05) is 19.2 Å². The van der Waals surface area contributed by atoms with Gasteiger partial charge in [-0.15, -0.1) is 0 Å². The predicted octanol–water partition coefficient (Wildman–Crippen LogP) is 1.34. The van der Waals surface area contributed by atoms with Gasteiger partial charge in [-0.3, -0.25) is 0 Å². The third kappa shape index (κ3) is 3.32. The number of hydrogen-bond acceptors (Lipinski definition) is 4. The van der Waals surface area contributed by atoms with Gasteiger partial charge in [0.15, 0.2) is 0 Å². The van der Waals surface area contributed by atoms with Gasteiger partial charge in [-0.05, 0) is 19.2 Å². The summed E-state index contributed by atoms with van der Waals surface area (Å²) in [6.07, 6.45) is 0. The number of anilines is 1. The Morgan fingerprint density at radius 3 is 2.53 bits per heavy atom. The molecule has 0 aliphatic carbocycles. The van der Waals surface area contributed by atoms with Crippen molar-refractivity contribution >= 4 is 5.69 Å². The SMILES string of the molecule is CNCCNc1cc(OC)ccc1OC. The lowest BCUT2D eigenvalue weighted by molar-refractivity contribution is 0.404. The maximum absolute atomic E-state index is 5.24. The standard InChI is InChI=1S/C11H18N2O2/c1-12-6-7-13-10-8-9(14-2)4-5-11(10)15-3/h4-5,8,12-13H,6-7H2,1-3H3. The van der Waals surface area contributed by atoms with Crippen molar-refractivity contribution in [2.45, 2.75) is 0 Å². The van der Waals surface area contributed by atoms with Crippen molar-refractivity contribution in [1.82, 2.24) is 5.32 Å². The van der Waals surface area contributed by atoms with Crippen LogP contribution in [0.3, 0.4) is 0 Å². The second-order valence-electron chi connectivity index (χ2n) is 3.10. The van der Waals surface area contributed by atoms with Crippen LogP contribution in [0.5, 0.6) is 11.5 Å². The van der Waals surface area contributed by atoms with Crippen LogP contribution < -0.4 is 20.1 Å². The van der Waals surface area contributed by atoms with E-state index in [1.807, 2.05) is 25.2 Å². The summed E-state index contributed by atoms with van der Waals surface area (Å²) in [7, 11) is 5.23. The first-order chi connectivity index (χ1) is 7.31. The monoisotopic (exact) mass is 210 g/mol. The maximum atomic E-state index is 5.24. The largest absolute Gasteiger partial charge is 0.497 e. The van der Waals surface area contributed by atoms with Crippen LogP contribution in [-0.4, -0.2) is 34.4 Å². The number of benzene rings is 1. The molecule has 0 aromatic heterocycles. The minimum atomic E-state index is 0.822. The van der Waals surface area contributed by atoms with Gasteiger partial charge in [0.25, 0.3) is 0 Å². The summed E-state index contributed by atoms with van der Waals surface area (Å²) in [5.74, 6) is 1.65. The first-order valence-electron chi connectivity index (χ1n) is 4.92. The topological polar surface area (TPSA) is 42.5 Å². The summed E-state index contributed by atoms with van der Waals surface area (Å²) >= 11 is 0. The van der Waals surface area contributed by atoms with Crippen LogP contribution in [0.15, 0.2) is 18.2 Å². The molecule has 0 heterocycles. The highest BCUT2D eigenvalue weighted by molar-refractivity contribution is 5.59. The van der Waals surface area contributed by atoms with Gasteiger partial charge < -0.3 is 20.1 Å². The zero-order chi connectivity index (χ0) is 11.1. The van der Waals surface area contributed by atoms with Crippen molar-refractivity contribution in [2.75, 3.05) is 39.7 Å². The van der Waals surface area contributed by atoms with Crippen LogP contribution >= 0.6 is 0 Å². The van der Waals surface area contributed by atoms with Crippen LogP contribution in [0, 0.1) is 0 Å². The number of hydrogen-bond donors (Lipinski definition) is 2. The van der Waals surface area contributed by atoms with Gasteiger partial charge >= 0.3 is 0 Å². The third-order valence-corrected chi connectivity index (χ3v) is 2.10. The van der Waals surface area contributed by atoms with E-state index in [1.54, 1.807) is 14.2 Å². The quantitative estimate of drug-likeness (QED) is 0.695. The minimum Gasteiger partial charge on any atom is -0.497 e. The Kier molecular flexibility index (Phi) is 4.77. The first kappa shape index (κ1) is 11.7. The van der Waals surface area contributed by atoms with E-state index in [0.717, 1.165) is 30.3 Å². The van der Waals surface area contributed by atoms with Crippen LogP contribution in [-0.2, 0) is 0 Å². The molecule has 0 amide bonds. The van der Waals surface area contributed by atoms with Crippen LogP contribution in [0.1, 0.15) is 0 Å². The second kappa shape index (κ2) is 6.14. The van der Waals surface area contributed by atoms with Crippen molar-refractivity contribution in [3.8, 4) is 11.5 Å². The Hall–Kier alpha value is -1.42. The fourth-order valence-corrected chi connectivity index (χ4v) is 1.27. The molecule has 1 rings (SSSR count). The lowest BCUT2D eigenvalue weighted by atomic mass is 10.2. The Morgan fingerprint density at radius 2 is 1.93 bits per heavy atom. The van der Waals surface area contributed by atoms with Crippen molar-refractivity contribution in [3.63, 3.8) is 0 Å². The average Bonchev–Trinajstić information content (AvgIpc) is 2.29. The lowest BCUT2D eigenvalue weighted by Crippen LogP contribution is -2.18. The summed E-state index contributed by atoms with van der Waals surface area (Å²) < 4.78 is 10.4. The Morgan fingerprint density at radius 1 is 1.13 bits per heavy atom. The molecule has 15 heavy (non-hydrogen) atoms. The molecule has 0 atom stereocenters. The fraction of sp³-hybridized carbons (Fsp3) is 0.455. The molecular formula is C11H18N2O2. The highest BCUT2D eigenvalue weighted by Crippen LogP contribution is 2.28. The van der Waals surface area contributed by atoms with E-state index in [0.29, 0.717) is 0 Å². The molecule has 0 aliphatic rings. The second-order valence-corrected chi connectivity index (χ2v) is 3.10. The third-order valence-electron chi connectivity index (χ3n) is 2.10. The molecule has 0 bridgehead atoms. The highest BCUT2D eigenvalue weighted by atomic mass is 16.5. The normalized spacial score (nSPS) is 9.80. The van der Waals surface area contributed by atoms with Crippen molar-refractivity contribution in [2.24, 2.45) is 0 Å². The van der Waals surface area contributed by atoms with E-state index >= 15 is 0 Å². The van der Waals surface area contributed by atoms with E-state index < -0.39 is 0 Å². The van der Waals surface area contributed by atoms with Crippen molar-refractivity contribution in [1.29, 1.82) is 0 Å². The van der Waals surface area contributed by atoms with E-state index in [1.165, 1.54) is 0 Å². The maximum Gasteiger partial charge on any atom is 0.142 e. The minimum absolute atomic E-state index is 0.822. The molecule has 84 valence electrons. The zero-order valence-corrected chi connectivity index (χ0v) is 9.46. The van der Waals surface area contributed by atoms with Crippen molar-refractivity contribution in [3.05, 3.63) is 18.2 Å². The van der Waals surface area contributed by atoms with Crippen LogP contribution in [0.2, 0.25) is 0 Å². The Bertz CT molecular complexity index is 303. The van der Waals surface area contributed by atoms with E-state index in [-0.39, 0.29) is 0 Å². The predicted molar refractivity (Wildman–Crippen MR) is 62.0 cm³/mol. The van der Waals surface area contributed by atoms with Crippen molar-refractivity contribution < 1.29 is 9.47 Å². The van der Waals surface area contributed by atoms with Gasteiger partial charge in [-0.25, -0.2) is 0 Å². The summed E-state index contributed by atoms with van der Waals surface area (Å²) in [4.78, 5) is 0.